The van der Waals surface area contributed by atoms with E-state index in [1.54, 1.807) is 13.3 Å². The van der Waals surface area contributed by atoms with Gasteiger partial charge in [-0.2, -0.15) is 0 Å². The molecule has 27 heavy (non-hydrogen) atoms. The Morgan fingerprint density at radius 3 is 2.56 bits per heavy atom. The lowest BCUT2D eigenvalue weighted by atomic mass is 10.2. The Hall–Kier alpha value is -2.96. The highest BCUT2D eigenvalue weighted by molar-refractivity contribution is 5.74. The predicted octanol–water partition coefficient (Wildman–Crippen LogP) is 2.24. The molecule has 0 saturated carbocycles. The lowest BCUT2D eigenvalue weighted by Crippen LogP contribution is -2.47. The van der Waals surface area contributed by atoms with Crippen LogP contribution in [-0.2, 0) is 6.54 Å². The summed E-state index contributed by atoms with van der Waals surface area (Å²) in [7, 11) is 1.71. The van der Waals surface area contributed by atoms with E-state index in [-0.39, 0.29) is 6.03 Å². The highest BCUT2D eigenvalue weighted by Gasteiger charge is 2.22. The summed E-state index contributed by atoms with van der Waals surface area (Å²) in [5.74, 6) is 1.84. The molecule has 1 aromatic carbocycles. The lowest BCUT2D eigenvalue weighted by molar-refractivity contribution is 0.241. The Morgan fingerprint density at radius 2 is 1.81 bits per heavy atom. The van der Waals surface area contributed by atoms with Crippen molar-refractivity contribution in [2.45, 2.75) is 13.5 Å². The smallest absolute Gasteiger partial charge is 0.315 e. The summed E-state index contributed by atoms with van der Waals surface area (Å²) in [6.45, 7) is 6.47. The molecule has 2 N–H and O–H groups in total. The molecule has 0 aliphatic carbocycles. The summed E-state index contributed by atoms with van der Waals surface area (Å²) in [5.41, 5.74) is 2.15. The van der Waals surface area contributed by atoms with Crippen molar-refractivity contribution in [2.75, 3.05) is 49.6 Å². The fourth-order valence-electron chi connectivity index (χ4n) is 3.30. The second-order valence-electron chi connectivity index (χ2n) is 6.35. The van der Waals surface area contributed by atoms with E-state index in [9.17, 15) is 4.79 Å². The number of hydrogen-bond donors (Lipinski definition) is 2. The first-order valence-electron chi connectivity index (χ1n) is 9.31. The van der Waals surface area contributed by atoms with Gasteiger partial charge in [-0.1, -0.05) is 18.2 Å². The maximum atomic E-state index is 11.7. The summed E-state index contributed by atoms with van der Waals surface area (Å²) in [5, 5.41) is 5.63. The van der Waals surface area contributed by atoms with Gasteiger partial charge < -0.3 is 25.2 Å². The van der Waals surface area contributed by atoms with Crippen LogP contribution in [0.2, 0.25) is 0 Å². The number of carbonyl (C=O) groups is 1. The number of urea groups is 1. The van der Waals surface area contributed by atoms with Crippen LogP contribution in [0.1, 0.15) is 12.5 Å². The SMILES string of the molecule is CCNC(=O)NCc1cccnc1N1CCN(c2ccccc2OC)CC1. The molecule has 1 saturated heterocycles. The number of benzene rings is 1. The zero-order chi connectivity index (χ0) is 19.1. The zero-order valence-corrected chi connectivity index (χ0v) is 15.9. The lowest BCUT2D eigenvalue weighted by Gasteiger charge is -2.37. The average molecular weight is 369 g/mol. The molecule has 3 rings (SSSR count). The largest absolute Gasteiger partial charge is 0.495 e. The van der Waals surface area contributed by atoms with Crippen LogP contribution in [0.25, 0.3) is 0 Å². The van der Waals surface area contributed by atoms with Crippen molar-refractivity contribution < 1.29 is 9.53 Å². The van der Waals surface area contributed by atoms with Crippen LogP contribution in [0.15, 0.2) is 42.6 Å². The van der Waals surface area contributed by atoms with E-state index >= 15 is 0 Å². The van der Waals surface area contributed by atoms with Crippen LogP contribution in [-0.4, -0.2) is 50.8 Å². The third-order valence-corrected chi connectivity index (χ3v) is 4.65. The second kappa shape index (κ2) is 9.12. The van der Waals surface area contributed by atoms with Crippen molar-refractivity contribution in [3.63, 3.8) is 0 Å². The monoisotopic (exact) mass is 369 g/mol. The van der Waals surface area contributed by atoms with Gasteiger partial charge >= 0.3 is 6.03 Å². The first kappa shape index (κ1) is 18.8. The number of rotatable bonds is 6. The molecular weight excluding hydrogens is 342 g/mol. The summed E-state index contributed by atoms with van der Waals surface area (Å²) in [4.78, 5) is 20.9. The quantitative estimate of drug-likeness (QED) is 0.817. The Kier molecular flexibility index (Phi) is 6.35. The Bertz CT molecular complexity index is 760. The van der Waals surface area contributed by atoms with Gasteiger partial charge in [-0.3, -0.25) is 0 Å². The van der Waals surface area contributed by atoms with Gasteiger partial charge in [0.15, 0.2) is 0 Å². The van der Waals surface area contributed by atoms with E-state index in [1.807, 2.05) is 37.3 Å². The van der Waals surface area contributed by atoms with Gasteiger partial charge in [0.1, 0.15) is 11.6 Å². The van der Waals surface area contributed by atoms with E-state index < -0.39 is 0 Å². The van der Waals surface area contributed by atoms with Crippen LogP contribution in [0, 0.1) is 0 Å². The summed E-state index contributed by atoms with van der Waals surface area (Å²) in [6, 6.07) is 11.9. The summed E-state index contributed by atoms with van der Waals surface area (Å²) >= 11 is 0. The standard InChI is InChI=1S/C20H27N5O2/c1-3-21-20(26)23-15-16-7-6-10-22-19(16)25-13-11-24(12-14-25)17-8-4-5-9-18(17)27-2/h4-10H,3,11-15H2,1-2H3,(H2,21,23,26). The molecule has 0 radical (unpaired) electrons. The number of anilines is 2. The number of methoxy groups -OCH3 is 1. The molecule has 2 aromatic rings. The Labute approximate surface area is 160 Å². The first-order chi connectivity index (χ1) is 13.2. The predicted molar refractivity (Wildman–Crippen MR) is 108 cm³/mol. The van der Waals surface area contributed by atoms with Crippen molar-refractivity contribution in [2.24, 2.45) is 0 Å². The highest BCUT2D eigenvalue weighted by atomic mass is 16.5. The van der Waals surface area contributed by atoms with E-state index in [0.29, 0.717) is 13.1 Å². The van der Waals surface area contributed by atoms with Crippen molar-refractivity contribution in [3.05, 3.63) is 48.2 Å². The fraction of sp³-hybridized carbons (Fsp3) is 0.400. The topological polar surface area (TPSA) is 69.7 Å². The zero-order valence-electron chi connectivity index (χ0n) is 15.9. The first-order valence-corrected chi connectivity index (χ1v) is 9.31. The summed E-state index contributed by atoms with van der Waals surface area (Å²) in [6.07, 6.45) is 1.80. The van der Waals surface area contributed by atoms with Crippen molar-refractivity contribution in [1.82, 2.24) is 15.6 Å². The molecule has 1 aliphatic rings. The van der Waals surface area contributed by atoms with Crippen LogP contribution >= 0.6 is 0 Å². The van der Waals surface area contributed by atoms with E-state index in [1.165, 1.54) is 0 Å². The van der Waals surface area contributed by atoms with Crippen molar-refractivity contribution in [1.29, 1.82) is 0 Å². The Balaban J connectivity index is 1.65. The van der Waals surface area contributed by atoms with Crippen molar-refractivity contribution >= 4 is 17.5 Å². The van der Waals surface area contributed by atoms with Gasteiger partial charge in [0.2, 0.25) is 0 Å². The minimum absolute atomic E-state index is 0.159. The van der Waals surface area contributed by atoms with Crippen LogP contribution in [0.5, 0.6) is 5.75 Å². The number of para-hydroxylation sites is 2. The van der Waals surface area contributed by atoms with Gasteiger partial charge in [-0.15, -0.1) is 0 Å². The number of amides is 2. The molecule has 7 heteroatoms. The normalized spacial score (nSPS) is 14.0. The van der Waals surface area contributed by atoms with E-state index in [4.69, 9.17) is 4.74 Å². The third kappa shape index (κ3) is 4.61. The minimum Gasteiger partial charge on any atom is -0.495 e. The van der Waals surface area contributed by atoms with Gasteiger partial charge in [0.25, 0.3) is 0 Å². The van der Waals surface area contributed by atoms with Crippen molar-refractivity contribution in [3.8, 4) is 5.75 Å². The Morgan fingerprint density at radius 1 is 1.07 bits per heavy atom. The number of hydrogen-bond acceptors (Lipinski definition) is 5. The number of pyridine rings is 1. The molecule has 2 heterocycles. The molecule has 144 valence electrons. The van der Waals surface area contributed by atoms with Gasteiger partial charge in [0, 0.05) is 51.0 Å². The second-order valence-corrected chi connectivity index (χ2v) is 6.35. The van der Waals surface area contributed by atoms with Crippen LogP contribution in [0.3, 0.4) is 0 Å². The molecule has 0 bridgehead atoms. The molecule has 0 atom stereocenters. The molecule has 0 spiro atoms. The highest BCUT2D eigenvalue weighted by Crippen LogP contribution is 2.29. The molecule has 1 aromatic heterocycles. The number of nitrogens with one attached hydrogen (secondary N) is 2. The number of carbonyl (C=O) groups excluding carboxylic acids is 1. The minimum atomic E-state index is -0.159. The number of nitrogens with zero attached hydrogens (tertiary/aromatic N) is 3. The molecule has 0 unspecified atom stereocenters. The molecule has 2 amide bonds. The molecule has 1 aliphatic heterocycles. The number of ether oxygens (including phenoxy) is 1. The van der Waals surface area contributed by atoms with Gasteiger partial charge in [0.05, 0.1) is 12.8 Å². The van der Waals surface area contributed by atoms with Gasteiger partial charge in [-0.25, -0.2) is 9.78 Å². The maximum Gasteiger partial charge on any atom is 0.315 e. The van der Waals surface area contributed by atoms with Crippen LogP contribution in [0.4, 0.5) is 16.3 Å². The average Bonchev–Trinajstić information content (AvgIpc) is 2.73. The van der Waals surface area contributed by atoms with Gasteiger partial charge in [-0.05, 0) is 25.1 Å². The molecular formula is C20H27N5O2. The molecule has 7 nitrogen and oxygen atoms in total. The number of piperazine rings is 1. The van der Waals surface area contributed by atoms with E-state index in [0.717, 1.165) is 49.0 Å². The number of aromatic nitrogens is 1. The fourth-order valence-corrected chi connectivity index (χ4v) is 3.30. The van der Waals surface area contributed by atoms with E-state index in [2.05, 4.69) is 31.5 Å². The summed E-state index contributed by atoms with van der Waals surface area (Å²) < 4.78 is 5.49. The van der Waals surface area contributed by atoms with Crippen LogP contribution < -0.4 is 25.2 Å². The maximum absolute atomic E-state index is 11.7. The third-order valence-electron chi connectivity index (χ3n) is 4.65. The molecule has 1 fully saturated rings.